The van der Waals surface area contributed by atoms with Gasteiger partial charge in [-0.1, -0.05) is 37.6 Å². The zero-order valence-corrected chi connectivity index (χ0v) is 11.1. The highest BCUT2D eigenvalue weighted by atomic mass is 16.3. The van der Waals surface area contributed by atoms with Gasteiger partial charge in [0.1, 0.15) is 5.76 Å². The molecule has 1 aromatic rings. The summed E-state index contributed by atoms with van der Waals surface area (Å²) in [5.74, 6) is -0.564. The minimum atomic E-state index is -0.280. The molecule has 98 valence electrons. The Balaban J connectivity index is 2.55. The molecule has 3 nitrogen and oxygen atoms in total. The summed E-state index contributed by atoms with van der Waals surface area (Å²) in [6.45, 7) is 3.57. The van der Waals surface area contributed by atoms with E-state index in [0.717, 1.165) is 6.42 Å². The van der Waals surface area contributed by atoms with Crippen molar-refractivity contribution in [3.8, 4) is 0 Å². The van der Waals surface area contributed by atoms with E-state index in [9.17, 15) is 14.7 Å². The lowest BCUT2D eigenvalue weighted by molar-refractivity contribution is 0.0971. The number of benzene rings is 1. The maximum Gasteiger partial charge on any atom is 0.197 e. The lowest BCUT2D eigenvalue weighted by Crippen LogP contribution is -2.21. The smallest absolute Gasteiger partial charge is 0.197 e. The number of Topliss-reactive ketones (excluding diaryl/α,β-unsaturated/α-hetero) is 2. The maximum absolute atomic E-state index is 12.4. The van der Waals surface area contributed by atoms with Crippen LogP contribution in [0.4, 0.5) is 0 Å². The lowest BCUT2D eigenvalue weighted by Gasteiger charge is -2.18. The van der Waals surface area contributed by atoms with Gasteiger partial charge in [-0.25, -0.2) is 0 Å². The van der Waals surface area contributed by atoms with Crippen molar-refractivity contribution in [2.45, 2.75) is 26.7 Å². The van der Waals surface area contributed by atoms with Crippen LogP contribution in [-0.2, 0) is 0 Å². The Labute approximate surface area is 112 Å². The van der Waals surface area contributed by atoms with Gasteiger partial charge in [0.05, 0.1) is 5.57 Å². The number of aliphatic hydroxyl groups is 1. The van der Waals surface area contributed by atoms with E-state index < -0.39 is 0 Å². The molecular formula is C16H16O3. The molecular weight excluding hydrogens is 240 g/mol. The van der Waals surface area contributed by atoms with Crippen LogP contribution in [0.1, 0.15) is 47.4 Å². The SMILES string of the molecule is CCCC=C(O)C1=C(C)C(=O)c2ccccc2C1=O. The second-order valence-corrected chi connectivity index (χ2v) is 4.58. The maximum atomic E-state index is 12.4. The Hall–Kier alpha value is -2.16. The first-order valence-corrected chi connectivity index (χ1v) is 6.36. The van der Waals surface area contributed by atoms with Crippen LogP contribution in [0, 0.1) is 0 Å². The molecule has 1 aromatic carbocycles. The Bertz CT molecular complexity index is 606. The molecule has 2 rings (SSSR count). The first-order valence-electron chi connectivity index (χ1n) is 6.36. The number of aliphatic hydroxyl groups excluding tert-OH is 1. The molecule has 0 atom stereocenters. The van der Waals surface area contributed by atoms with E-state index in [1.54, 1.807) is 37.3 Å². The summed E-state index contributed by atoms with van der Waals surface area (Å²) in [7, 11) is 0. The monoisotopic (exact) mass is 256 g/mol. The molecule has 0 aromatic heterocycles. The number of unbranched alkanes of at least 4 members (excludes halogenated alkanes) is 1. The van der Waals surface area contributed by atoms with Crippen molar-refractivity contribution in [2.24, 2.45) is 0 Å². The highest BCUT2D eigenvalue weighted by molar-refractivity contribution is 6.28. The van der Waals surface area contributed by atoms with E-state index in [2.05, 4.69) is 0 Å². The van der Waals surface area contributed by atoms with E-state index in [-0.39, 0.29) is 22.9 Å². The summed E-state index contributed by atoms with van der Waals surface area (Å²) in [6.07, 6.45) is 3.14. The van der Waals surface area contributed by atoms with Crippen molar-refractivity contribution in [1.82, 2.24) is 0 Å². The summed E-state index contributed by atoms with van der Waals surface area (Å²) in [6, 6.07) is 6.71. The van der Waals surface area contributed by atoms with Crippen LogP contribution >= 0.6 is 0 Å². The van der Waals surface area contributed by atoms with Crippen LogP contribution in [0.25, 0.3) is 0 Å². The number of rotatable bonds is 3. The van der Waals surface area contributed by atoms with Crippen LogP contribution in [0.15, 0.2) is 47.2 Å². The van der Waals surface area contributed by atoms with Crippen LogP contribution in [-0.4, -0.2) is 16.7 Å². The van der Waals surface area contributed by atoms with Crippen molar-refractivity contribution in [1.29, 1.82) is 0 Å². The summed E-state index contributed by atoms with van der Waals surface area (Å²) in [5.41, 5.74) is 1.23. The Kier molecular flexibility index (Phi) is 3.65. The van der Waals surface area contributed by atoms with Crippen molar-refractivity contribution in [2.75, 3.05) is 0 Å². The molecule has 0 unspecified atom stereocenters. The zero-order chi connectivity index (χ0) is 14.0. The van der Waals surface area contributed by atoms with E-state index >= 15 is 0 Å². The molecule has 0 amide bonds. The predicted molar refractivity (Wildman–Crippen MR) is 73.4 cm³/mol. The van der Waals surface area contributed by atoms with Gasteiger partial charge >= 0.3 is 0 Å². The number of carbonyl (C=O) groups excluding carboxylic acids is 2. The van der Waals surface area contributed by atoms with Gasteiger partial charge in [0, 0.05) is 16.7 Å². The summed E-state index contributed by atoms with van der Waals surface area (Å²) >= 11 is 0. The van der Waals surface area contributed by atoms with Gasteiger partial charge in [0.15, 0.2) is 11.6 Å². The molecule has 0 radical (unpaired) electrons. The standard InChI is InChI=1S/C16H16O3/c1-3-4-9-13(17)14-10(2)15(18)11-7-5-6-8-12(11)16(14)19/h5-9,17H,3-4H2,1-2H3. The number of hydrogen-bond acceptors (Lipinski definition) is 3. The highest BCUT2D eigenvalue weighted by Crippen LogP contribution is 2.29. The number of fused-ring (bicyclic) bond motifs is 1. The van der Waals surface area contributed by atoms with Gasteiger partial charge < -0.3 is 5.11 Å². The summed E-state index contributed by atoms with van der Waals surface area (Å²) in [5, 5.41) is 10.0. The predicted octanol–water partition coefficient (Wildman–Crippen LogP) is 3.62. The molecule has 0 spiro atoms. The average Bonchev–Trinajstić information content (AvgIpc) is 2.43. The number of ketones is 2. The fourth-order valence-electron chi connectivity index (χ4n) is 2.19. The quantitative estimate of drug-likeness (QED) is 0.840. The third-order valence-electron chi connectivity index (χ3n) is 3.24. The van der Waals surface area contributed by atoms with Gasteiger partial charge in [-0.2, -0.15) is 0 Å². The second-order valence-electron chi connectivity index (χ2n) is 4.58. The van der Waals surface area contributed by atoms with Crippen LogP contribution < -0.4 is 0 Å². The fraction of sp³-hybridized carbons (Fsp3) is 0.250. The number of carbonyl (C=O) groups is 2. The van der Waals surface area contributed by atoms with Crippen LogP contribution in [0.2, 0.25) is 0 Å². The molecule has 1 aliphatic carbocycles. The van der Waals surface area contributed by atoms with Crippen molar-refractivity contribution < 1.29 is 14.7 Å². The molecule has 0 saturated heterocycles. The second kappa shape index (κ2) is 5.22. The molecule has 1 aliphatic rings. The van der Waals surface area contributed by atoms with Gasteiger partial charge in [-0.15, -0.1) is 0 Å². The van der Waals surface area contributed by atoms with Gasteiger partial charge in [-0.3, -0.25) is 9.59 Å². The molecule has 1 N–H and O–H groups in total. The molecule has 0 aliphatic heterocycles. The third-order valence-corrected chi connectivity index (χ3v) is 3.24. The van der Waals surface area contributed by atoms with E-state index in [4.69, 9.17) is 0 Å². The van der Waals surface area contributed by atoms with Crippen LogP contribution in [0.5, 0.6) is 0 Å². The first kappa shape index (κ1) is 13.3. The topological polar surface area (TPSA) is 54.4 Å². The Morgan fingerprint density at radius 1 is 1.16 bits per heavy atom. The minimum Gasteiger partial charge on any atom is -0.508 e. The van der Waals surface area contributed by atoms with E-state index in [0.29, 0.717) is 23.1 Å². The van der Waals surface area contributed by atoms with Gasteiger partial charge in [-0.05, 0) is 19.4 Å². The van der Waals surface area contributed by atoms with E-state index in [1.807, 2.05) is 6.92 Å². The number of allylic oxidation sites excluding steroid dienone is 3. The Morgan fingerprint density at radius 2 is 1.74 bits per heavy atom. The third kappa shape index (κ3) is 2.24. The fourth-order valence-corrected chi connectivity index (χ4v) is 2.19. The normalized spacial score (nSPS) is 15.8. The van der Waals surface area contributed by atoms with Crippen molar-refractivity contribution >= 4 is 11.6 Å². The summed E-state index contributed by atoms with van der Waals surface area (Å²) in [4.78, 5) is 24.6. The van der Waals surface area contributed by atoms with Gasteiger partial charge in [0.25, 0.3) is 0 Å². The molecule has 19 heavy (non-hydrogen) atoms. The number of hydrogen-bond donors (Lipinski definition) is 1. The van der Waals surface area contributed by atoms with Crippen molar-refractivity contribution in [3.05, 3.63) is 58.4 Å². The molecule has 0 heterocycles. The van der Waals surface area contributed by atoms with Gasteiger partial charge in [0.2, 0.25) is 0 Å². The summed E-state index contributed by atoms with van der Waals surface area (Å²) < 4.78 is 0. The lowest BCUT2D eigenvalue weighted by atomic mass is 9.84. The van der Waals surface area contributed by atoms with Crippen molar-refractivity contribution in [3.63, 3.8) is 0 Å². The van der Waals surface area contributed by atoms with E-state index in [1.165, 1.54) is 0 Å². The zero-order valence-electron chi connectivity index (χ0n) is 11.1. The molecule has 3 heteroatoms. The molecule has 0 bridgehead atoms. The highest BCUT2D eigenvalue weighted by Gasteiger charge is 2.31. The van der Waals surface area contributed by atoms with Crippen LogP contribution in [0.3, 0.4) is 0 Å². The largest absolute Gasteiger partial charge is 0.508 e. The molecule has 0 saturated carbocycles. The average molecular weight is 256 g/mol. The molecule has 0 fully saturated rings. The Morgan fingerprint density at radius 3 is 2.32 bits per heavy atom. The first-order chi connectivity index (χ1) is 9.07. The minimum absolute atomic E-state index is 0.0906.